The lowest BCUT2D eigenvalue weighted by atomic mass is 10.0. The summed E-state index contributed by atoms with van der Waals surface area (Å²) < 4.78 is 13.5. The number of carboxylic acid groups (broad SMARTS) is 1. The maximum Gasteiger partial charge on any atom is 0.354 e. The van der Waals surface area contributed by atoms with E-state index in [9.17, 15) is 14.3 Å². The van der Waals surface area contributed by atoms with E-state index in [1.807, 2.05) is 0 Å². The molecular formula is C15H14FN3O2. The minimum Gasteiger partial charge on any atom is -0.476 e. The van der Waals surface area contributed by atoms with E-state index in [1.165, 1.54) is 12.1 Å². The summed E-state index contributed by atoms with van der Waals surface area (Å²) in [6.45, 7) is 2.96. The molecule has 5 nitrogen and oxygen atoms in total. The summed E-state index contributed by atoms with van der Waals surface area (Å²) in [5, 5.41) is 12.4. The Bertz CT molecular complexity index is 711. The fraction of sp³-hybridized carbons (Fsp3) is 0.267. The zero-order chi connectivity index (χ0) is 15.0. The standard InChI is InChI=1S/C15H14FN3O2/c1-8-4-9(6-10(16)5-8)14-18-12-2-3-17-7-11(12)13(19-14)15(20)21/h4-6,17H,2-3,7H2,1H3,(H,20,21). The second-order valence-electron chi connectivity index (χ2n) is 5.07. The van der Waals surface area contributed by atoms with Crippen LogP contribution in [-0.4, -0.2) is 27.6 Å². The lowest BCUT2D eigenvalue weighted by Crippen LogP contribution is -2.28. The van der Waals surface area contributed by atoms with Gasteiger partial charge in [0.2, 0.25) is 0 Å². The molecule has 0 unspecified atom stereocenters. The van der Waals surface area contributed by atoms with E-state index in [4.69, 9.17) is 0 Å². The quantitative estimate of drug-likeness (QED) is 0.883. The molecule has 2 heterocycles. The van der Waals surface area contributed by atoms with Crippen molar-refractivity contribution < 1.29 is 14.3 Å². The number of rotatable bonds is 2. The normalized spacial score (nSPS) is 13.8. The van der Waals surface area contributed by atoms with Gasteiger partial charge in [-0.3, -0.25) is 0 Å². The fourth-order valence-electron chi connectivity index (χ4n) is 2.51. The van der Waals surface area contributed by atoms with Crippen molar-refractivity contribution in [1.29, 1.82) is 0 Å². The molecule has 6 heteroatoms. The van der Waals surface area contributed by atoms with Gasteiger partial charge in [-0.05, 0) is 30.7 Å². The second-order valence-corrected chi connectivity index (χ2v) is 5.07. The molecule has 1 aliphatic rings. The molecule has 0 spiro atoms. The number of fused-ring (bicyclic) bond motifs is 1. The zero-order valence-corrected chi connectivity index (χ0v) is 11.5. The molecule has 108 valence electrons. The lowest BCUT2D eigenvalue weighted by Gasteiger charge is -2.18. The third-order valence-electron chi connectivity index (χ3n) is 3.44. The number of carbonyl (C=O) groups is 1. The largest absolute Gasteiger partial charge is 0.476 e. The zero-order valence-electron chi connectivity index (χ0n) is 11.5. The SMILES string of the molecule is Cc1cc(F)cc(-c2nc3c(c(C(=O)O)n2)CNCC3)c1. The summed E-state index contributed by atoms with van der Waals surface area (Å²) >= 11 is 0. The van der Waals surface area contributed by atoms with Crippen molar-refractivity contribution in [1.82, 2.24) is 15.3 Å². The fourth-order valence-corrected chi connectivity index (χ4v) is 2.51. The van der Waals surface area contributed by atoms with Crippen LogP contribution in [-0.2, 0) is 13.0 Å². The van der Waals surface area contributed by atoms with Crippen molar-refractivity contribution in [3.63, 3.8) is 0 Å². The maximum absolute atomic E-state index is 13.5. The predicted molar refractivity (Wildman–Crippen MR) is 74.5 cm³/mol. The van der Waals surface area contributed by atoms with Crippen molar-refractivity contribution in [3.05, 3.63) is 46.5 Å². The van der Waals surface area contributed by atoms with Crippen LogP contribution in [0.15, 0.2) is 18.2 Å². The molecule has 0 saturated carbocycles. The number of aromatic carboxylic acids is 1. The Morgan fingerprint density at radius 3 is 2.86 bits per heavy atom. The van der Waals surface area contributed by atoms with Crippen LogP contribution in [0.4, 0.5) is 4.39 Å². The van der Waals surface area contributed by atoms with E-state index >= 15 is 0 Å². The van der Waals surface area contributed by atoms with E-state index in [1.54, 1.807) is 13.0 Å². The average Bonchev–Trinajstić information content (AvgIpc) is 2.45. The van der Waals surface area contributed by atoms with Gasteiger partial charge in [-0.2, -0.15) is 0 Å². The molecule has 3 rings (SSSR count). The van der Waals surface area contributed by atoms with Gasteiger partial charge in [0, 0.05) is 30.6 Å². The van der Waals surface area contributed by atoms with Crippen molar-refractivity contribution in [3.8, 4) is 11.4 Å². The van der Waals surface area contributed by atoms with Crippen molar-refractivity contribution in [2.45, 2.75) is 19.9 Å². The van der Waals surface area contributed by atoms with Gasteiger partial charge < -0.3 is 10.4 Å². The first-order valence-electron chi connectivity index (χ1n) is 6.66. The smallest absolute Gasteiger partial charge is 0.354 e. The van der Waals surface area contributed by atoms with E-state index in [0.717, 1.165) is 17.8 Å². The van der Waals surface area contributed by atoms with Crippen molar-refractivity contribution >= 4 is 5.97 Å². The summed E-state index contributed by atoms with van der Waals surface area (Å²) in [7, 11) is 0. The Labute approximate surface area is 120 Å². The first-order valence-corrected chi connectivity index (χ1v) is 6.66. The number of aryl methyl sites for hydroxylation is 1. The first-order chi connectivity index (χ1) is 10.0. The summed E-state index contributed by atoms with van der Waals surface area (Å²) in [4.78, 5) is 19.9. The molecule has 0 aliphatic carbocycles. The molecule has 21 heavy (non-hydrogen) atoms. The topological polar surface area (TPSA) is 75.1 Å². The molecule has 2 aromatic rings. The third-order valence-corrected chi connectivity index (χ3v) is 3.44. The number of nitrogens with one attached hydrogen (secondary N) is 1. The van der Waals surface area contributed by atoms with Crippen LogP contribution in [0, 0.1) is 12.7 Å². The highest BCUT2D eigenvalue weighted by Gasteiger charge is 2.22. The van der Waals surface area contributed by atoms with E-state index in [2.05, 4.69) is 15.3 Å². The van der Waals surface area contributed by atoms with Gasteiger partial charge in [-0.15, -0.1) is 0 Å². The highest BCUT2D eigenvalue weighted by Crippen LogP contribution is 2.23. The Balaban J connectivity index is 2.19. The van der Waals surface area contributed by atoms with Crippen LogP contribution in [0.5, 0.6) is 0 Å². The summed E-state index contributed by atoms with van der Waals surface area (Å²) in [6.07, 6.45) is 0.638. The molecule has 0 fully saturated rings. The maximum atomic E-state index is 13.5. The predicted octanol–water partition coefficient (Wildman–Crippen LogP) is 1.94. The molecule has 2 N–H and O–H groups in total. The van der Waals surface area contributed by atoms with Crippen molar-refractivity contribution in [2.75, 3.05) is 6.54 Å². The molecule has 1 aromatic carbocycles. The van der Waals surface area contributed by atoms with Crippen LogP contribution in [0.2, 0.25) is 0 Å². The van der Waals surface area contributed by atoms with Crippen LogP contribution in [0.1, 0.15) is 27.3 Å². The van der Waals surface area contributed by atoms with Crippen LogP contribution >= 0.6 is 0 Å². The highest BCUT2D eigenvalue weighted by atomic mass is 19.1. The number of carboxylic acids is 1. The lowest BCUT2D eigenvalue weighted by molar-refractivity contribution is 0.0688. The van der Waals surface area contributed by atoms with E-state index < -0.39 is 5.97 Å². The number of hydrogen-bond donors (Lipinski definition) is 2. The van der Waals surface area contributed by atoms with E-state index in [-0.39, 0.29) is 17.3 Å². The molecule has 0 radical (unpaired) electrons. The van der Waals surface area contributed by atoms with Gasteiger partial charge in [-0.1, -0.05) is 0 Å². The molecule has 0 bridgehead atoms. The van der Waals surface area contributed by atoms with Gasteiger partial charge in [0.1, 0.15) is 5.82 Å². The Morgan fingerprint density at radius 2 is 2.14 bits per heavy atom. The second kappa shape index (κ2) is 5.21. The van der Waals surface area contributed by atoms with Crippen LogP contribution in [0.25, 0.3) is 11.4 Å². The Morgan fingerprint density at radius 1 is 1.33 bits per heavy atom. The van der Waals surface area contributed by atoms with Gasteiger partial charge in [-0.25, -0.2) is 19.2 Å². The summed E-state index contributed by atoms with van der Waals surface area (Å²) in [6, 6.07) is 4.48. The molecule has 0 saturated heterocycles. The molecule has 0 atom stereocenters. The van der Waals surface area contributed by atoms with Gasteiger partial charge in [0.15, 0.2) is 11.5 Å². The first kappa shape index (κ1) is 13.6. The number of aromatic nitrogens is 2. The van der Waals surface area contributed by atoms with Crippen molar-refractivity contribution in [2.24, 2.45) is 0 Å². The van der Waals surface area contributed by atoms with Gasteiger partial charge in [0.05, 0.1) is 5.69 Å². The minimum absolute atomic E-state index is 0.0101. The number of nitrogens with zero attached hydrogens (tertiary/aromatic N) is 2. The Hall–Kier alpha value is -2.34. The summed E-state index contributed by atoms with van der Waals surface area (Å²) in [5.41, 5.74) is 2.56. The number of halogens is 1. The minimum atomic E-state index is -1.09. The van der Waals surface area contributed by atoms with E-state index in [0.29, 0.717) is 24.1 Å². The number of hydrogen-bond acceptors (Lipinski definition) is 4. The Kier molecular flexibility index (Phi) is 3.39. The van der Waals surface area contributed by atoms with Gasteiger partial charge in [0.25, 0.3) is 0 Å². The van der Waals surface area contributed by atoms with Gasteiger partial charge >= 0.3 is 5.97 Å². The molecule has 0 amide bonds. The molecular weight excluding hydrogens is 273 g/mol. The highest BCUT2D eigenvalue weighted by molar-refractivity contribution is 5.88. The molecule has 1 aliphatic heterocycles. The monoisotopic (exact) mass is 287 g/mol. The van der Waals surface area contributed by atoms with Crippen LogP contribution in [0.3, 0.4) is 0 Å². The molecule has 1 aromatic heterocycles. The number of benzene rings is 1. The third kappa shape index (κ3) is 2.62. The van der Waals surface area contributed by atoms with Crippen LogP contribution < -0.4 is 5.32 Å². The summed E-state index contributed by atoms with van der Waals surface area (Å²) in [5.74, 6) is -1.22. The average molecular weight is 287 g/mol.